The van der Waals surface area contributed by atoms with Crippen LogP contribution in [0.2, 0.25) is 0 Å². The Bertz CT molecular complexity index is 254. The number of hydrogen-bond acceptors (Lipinski definition) is 2. The summed E-state index contributed by atoms with van der Waals surface area (Å²) in [6, 6.07) is 0. The lowest BCUT2D eigenvalue weighted by molar-refractivity contribution is -0.133. The molecule has 1 unspecified atom stereocenters. The van der Waals surface area contributed by atoms with E-state index in [1.807, 2.05) is 14.1 Å². The first-order valence-electron chi connectivity index (χ1n) is 9.54. The maximum atomic E-state index is 12.1. The molecule has 132 valence electrons. The van der Waals surface area contributed by atoms with E-state index in [1.54, 1.807) is 4.90 Å². The van der Waals surface area contributed by atoms with Gasteiger partial charge in [-0.3, -0.25) is 4.79 Å². The second-order valence-electron chi connectivity index (χ2n) is 6.83. The van der Waals surface area contributed by atoms with Crippen LogP contribution >= 0.6 is 0 Å². The number of amides is 1. The Labute approximate surface area is 139 Å². The second-order valence-corrected chi connectivity index (χ2v) is 6.83. The third-order valence-corrected chi connectivity index (χ3v) is 4.45. The predicted molar refractivity (Wildman–Crippen MR) is 96.9 cm³/mol. The summed E-state index contributed by atoms with van der Waals surface area (Å²) in [5, 5.41) is 0. The van der Waals surface area contributed by atoms with Crippen molar-refractivity contribution in [1.82, 2.24) is 4.90 Å². The average Bonchev–Trinajstić information content (AvgIpc) is 2.51. The molecule has 0 radical (unpaired) electrons. The van der Waals surface area contributed by atoms with Gasteiger partial charge in [-0.05, 0) is 25.8 Å². The molecule has 0 bridgehead atoms. The highest BCUT2D eigenvalue weighted by atomic mass is 16.2. The van der Waals surface area contributed by atoms with Crippen LogP contribution in [0.5, 0.6) is 0 Å². The van der Waals surface area contributed by atoms with Crippen molar-refractivity contribution in [3.63, 3.8) is 0 Å². The van der Waals surface area contributed by atoms with Crippen molar-refractivity contribution in [1.29, 1.82) is 0 Å². The van der Waals surface area contributed by atoms with Gasteiger partial charge in [-0.2, -0.15) is 0 Å². The first-order chi connectivity index (χ1) is 10.6. The summed E-state index contributed by atoms with van der Waals surface area (Å²) < 4.78 is 0. The summed E-state index contributed by atoms with van der Waals surface area (Å²) in [5.41, 5.74) is 5.58. The van der Waals surface area contributed by atoms with Gasteiger partial charge in [0.1, 0.15) is 0 Å². The molecule has 0 saturated heterocycles. The maximum absolute atomic E-state index is 12.1. The molecule has 0 spiro atoms. The number of hydrogen-bond donors (Lipinski definition) is 1. The number of rotatable bonds is 15. The minimum Gasteiger partial charge on any atom is -0.349 e. The Balaban J connectivity index is 3.61. The Morgan fingerprint density at radius 1 is 0.818 bits per heavy atom. The van der Waals surface area contributed by atoms with Gasteiger partial charge in [0.05, 0.1) is 0 Å². The highest BCUT2D eigenvalue weighted by Crippen LogP contribution is 2.19. The molecule has 2 N–H and O–H groups in total. The first-order valence-corrected chi connectivity index (χ1v) is 9.54. The van der Waals surface area contributed by atoms with Crippen LogP contribution < -0.4 is 5.73 Å². The molecule has 0 aromatic heterocycles. The molecule has 1 atom stereocenters. The van der Waals surface area contributed by atoms with Gasteiger partial charge in [-0.25, -0.2) is 0 Å². The number of nitrogens with zero attached hydrogens (tertiary/aromatic N) is 1. The fourth-order valence-electron chi connectivity index (χ4n) is 3.00. The summed E-state index contributed by atoms with van der Waals surface area (Å²) in [5.74, 6) is 0.469. The third-order valence-electron chi connectivity index (χ3n) is 4.45. The van der Waals surface area contributed by atoms with E-state index in [1.165, 1.54) is 64.2 Å². The van der Waals surface area contributed by atoms with E-state index in [-0.39, 0.29) is 11.8 Å². The van der Waals surface area contributed by atoms with E-state index in [2.05, 4.69) is 6.92 Å². The predicted octanol–water partition coefficient (Wildman–Crippen LogP) is 4.74. The van der Waals surface area contributed by atoms with Crippen LogP contribution in [0.25, 0.3) is 0 Å². The molecule has 0 aliphatic carbocycles. The van der Waals surface area contributed by atoms with E-state index >= 15 is 0 Å². The van der Waals surface area contributed by atoms with Crippen LogP contribution in [-0.2, 0) is 4.79 Å². The van der Waals surface area contributed by atoms with Gasteiger partial charge >= 0.3 is 0 Å². The topological polar surface area (TPSA) is 46.3 Å². The molecule has 3 heteroatoms. The summed E-state index contributed by atoms with van der Waals surface area (Å²) in [6.07, 6.45) is 16.4. The molecule has 3 nitrogen and oxygen atoms in total. The second kappa shape index (κ2) is 15.3. The standard InChI is InChI=1S/C19H40N2O/c1-4-5-6-7-8-9-10-11-12-13-15-18(16-14-17-20)19(22)21(2)3/h18H,4-17,20H2,1-3H3. The van der Waals surface area contributed by atoms with Gasteiger partial charge in [-0.15, -0.1) is 0 Å². The normalized spacial score (nSPS) is 12.4. The SMILES string of the molecule is CCCCCCCCCCCCC(CCCN)C(=O)N(C)C. The minimum atomic E-state index is 0.188. The van der Waals surface area contributed by atoms with E-state index in [4.69, 9.17) is 5.73 Å². The summed E-state index contributed by atoms with van der Waals surface area (Å²) in [4.78, 5) is 13.9. The number of carbonyl (C=O) groups excluding carboxylic acids is 1. The molecule has 0 fully saturated rings. The Morgan fingerprint density at radius 3 is 1.73 bits per heavy atom. The lowest BCUT2D eigenvalue weighted by atomic mass is 9.94. The zero-order valence-corrected chi connectivity index (χ0v) is 15.4. The van der Waals surface area contributed by atoms with E-state index in [0.29, 0.717) is 6.54 Å². The van der Waals surface area contributed by atoms with Crippen molar-refractivity contribution in [2.24, 2.45) is 11.7 Å². The summed E-state index contributed by atoms with van der Waals surface area (Å²) in [6.45, 7) is 2.96. The highest BCUT2D eigenvalue weighted by Gasteiger charge is 2.18. The quantitative estimate of drug-likeness (QED) is 0.444. The minimum absolute atomic E-state index is 0.188. The van der Waals surface area contributed by atoms with Gasteiger partial charge in [0, 0.05) is 20.0 Å². The Kier molecular flexibility index (Phi) is 14.9. The van der Waals surface area contributed by atoms with Crippen LogP contribution in [0.4, 0.5) is 0 Å². The van der Waals surface area contributed by atoms with E-state index < -0.39 is 0 Å². The molecule has 0 aliphatic rings. The molecule has 0 aromatic rings. The number of carbonyl (C=O) groups is 1. The zero-order valence-electron chi connectivity index (χ0n) is 15.4. The van der Waals surface area contributed by atoms with Crippen molar-refractivity contribution in [2.45, 2.75) is 90.4 Å². The fourth-order valence-corrected chi connectivity index (χ4v) is 3.00. The molecule has 1 amide bonds. The summed E-state index contributed by atoms with van der Waals surface area (Å²) in [7, 11) is 3.71. The molecule has 22 heavy (non-hydrogen) atoms. The van der Waals surface area contributed by atoms with Crippen LogP contribution in [0.1, 0.15) is 90.4 Å². The monoisotopic (exact) mass is 312 g/mol. The van der Waals surface area contributed by atoms with Gasteiger partial charge in [0.25, 0.3) is 0 Å². The van der Waals surface area contributed by atoms with Gasteiger partial charge in [0.15, 0.2) is 0 Å². The van der Waals surface area contributed by atoms with Crippen molar-refractivity contribution in [3.8, 4) is 0 Å². The van der Waals surface area contributed by atoms with Gasteiger partial charge in [0.2, 0.25) is 5.91 Å². The van der Waals surface area contributed by atoms with E-state index in [0.717, 1.165) is 19.3 Å². The van der Waals surface area contributed by atoms with Gasteiger partial charge in [-0.1, -0.05) is 71.1 Å². The zero-order chi connectivity index (χ0) is 16.6. The van der Waals surface area contributed by atoms with Crippen LogP contribution in [0.15, 0.2) is 0 Å². The lowest BCUT2D eigenvalue weighted by Crippen LogP contribution is -2.30. The summed E-state index contributed by atoms with van der Waals surface area (Å²) >= 11 is 0. The van der Waals surface area contributed by atoms with Crippen molar-refractivity contribution in [3.05, 3.63) is 0 Å². The van der Waals surface area contributed by atoms with Gasteiger partial charge < -0.3 is 10.6 Å². The van der Waals surface area contributed by atoms with Crippen molar-refractivity contribution in [2.75, 3.05) is 20.6 Å². The maximum Gasteiger partial charge on any atom is 0.225 e. The number of unbranched alkanes of at least 4 members (excludes halogenated alkanes) is 9. The molecular weight excluding hydrogens is 272 g/mol. The molecule has 0 aromatic carbocycles. The lowest BCUT2D eigenvalue weighted by Gasteiger charge is -2.20. The van der Waals surface area contributed by atoms with Crippen LogP contribution in [0.3, 0.4) is 0 Å². The van der Waals surface area contributed by atoms with Crippen molar-refractivity contribution >= 4 is 5.91 Å². The average molecular weight is 313 g/mol. The van der Waals surface area contributed by atoms with E-state index in [9.17, 15) is 4.79 Å². The molecule has 0 heterocycles. The highest BCUT2D eigenvalue weighted by molar-refractivity contribution is 5.78. The smallest absolute Gasteiger partial charge is 0.225 e. The molecule has 0 aliphatic heterocycles. The molecule has 0 rings (SSSR count). The Hall–Kier alpha value is -0.570. The molecule has 0 saturated carbocycles. The van der Waals surface area contributed by atoms with Crippen LogP contribution in [-0.4, -0.2) is 31.4 Å². The van der Waals surface area contributed by atoms with Crippen molar-refractivity contribution < 1.29 is 4.79 Å². The Morgan fingerprint density at radius 2 is 1.27 bits per heavy atom. The van der Waals surface area contributed by atoms with Crippen LogP contribution in [0, 0.1) is 5.92 Å². The molecular formula is C19H40N2O. The largest absolute Gasteiger partial charge is 0.349 e. The first kappa shape index (κ1) is 21.4. The third kappa shape index (κ3) is 12.0. The number of nitrogens with two attached hydrogens (primary N) is 1. The fraction of sp³-hybridized carbons (Fsp3) is 0.947.